The second kappa shape index (κ2) is 6.45. The highest BCUT2D eigenvalue weighted by atomic mass is 35.5. The lowest BCUT2D eigenvalue weighted by Crippen LogP contribution is -2.02. The summed E-state index contributed by atoms with van der Waals surface area (Å²) in [6.07, 6.45) is 1.54. The van der Waals surface area contributed by atoms with Crippen LogP contribution in [0.5, 0.6) is 0 Å². The fraction of sp³-hybridized carbons (Fsp3) is 0.214. The van der Waals surface area contributed by atoms with Crippen molar-refractivity contribution in [1.82, 2.24) is 9.97 Å². The number of rotatable bonds is 4. The molecule has 3 aromatic rings. The van der Waals surface area contributed by atoms with Crippen molar-refractivity contribution >= 4 is 73.6 Å². The Balaban J connectivity index is 1.85. The first-order chi connectivity index (χ1) is 10.5. The van der Waals surface area contributed by atoms with E-state index in [1.54, 1.807) is 23.7 Å². The molecule has 22 heavy (non-hydrogen) atoms. The van der Waals surface area contributed by atoms with Crippen molar-refractivity contribution in [2.75, 3.05) is 5.75 Å². The summed E-state index contributed by atoms with van der Waals surface area (Å²) in [4.78, 5) is 23.1. The van der Waals surface area contributed by atoms with Gasteiger partial charge in [0.15, 0.2) is 5.78 Å². The Morgan fingerprint density at radius 1 is 1.27 bits per heavy atom. The fourth-order valence-corrected chi connectivity index (χ4v) is 5.50. The van der Waals surface area contributed by atoms with Gasteiger partial charge in [0.1, 0.15) is 20.5 Å². The molecule has 0 aliphatic carbocycles. The van der Waals surface area contributed by atoms with Gasteiger partial charge in [-0.25, -0.2) is 9.97 Å². The van der Waals surface area contributed by atoms with E-state index in [-0.39, 0.29) is 11.5 Å². The monoisotopic (exact) mass is 388 g/mol. The molecule has 0 spiro atoms. The van der Waals surface area contributed by atoms with Crippen molar-refractivity contribution in [1.29, 1.82) is 0 Å². The van der Waals surface area contributed by atoms with Crippen LogP contribution in [0.1, 0.15) is 20.8 Å². The minimum absolute atomic E-state index is 0.0467. The molecule has 3 rings (SSSR count). The maximum atomic E-state index is 12.3. The van der Waals surface area contributed by atoms with Crippen LogP contribution in [-0.2, 0) is 0 Å². The molecule has 0 unspecified atom stereocenters. The summed E-state index contributed by atoms with van der Waals surface area (Å²) in [5.41, 5.74) is 1.65. The number of nitrogens with zero attached hydrogens (tertiary/aromatic N) is 2. The van der Waals surface area contributed by atoms with Crippen LogP contribution in [-0.4, -0.2) is 21.5 Å². The number of aryl methyl sites for hydroxylation is 2. The molecule has 3 nitrogen and oxygen atoms in total. The van der Waals surface area contributed by atoms with E-state index in [9.17, 15) is 4.79 Å². The predicted octanol–water partition coefficient (Wildman–Crippen LogP) is 5.65. The van der Waals surface area contributed by atoms with Crippen LogP contribution in [0.25, 0.3) is 10.2 Å². The van der Waals surface area contributed by atoms with Crippen LogP contribution in [0, 0.1) is 13.8 Å². The molecular formula is C14H10Cl2N2OS3. The van der Waals surface area contributed by atoms with Crippen LogP contribution >= 0.6 is 57.6 Å². The number of thioether (sulfide) groups is 1. The fourth-order valence-electron chi connectivity index (χ4n) is 2.00. The highest BCUT2D eigenvalue weighted by Gasteiger charge is 2.17. The zero-order valence-corrected chi connectivity index (χ0v) is 15.6. The average molecular weight is 389 g/mol. The Morgan fingerprint density at radius 2 is 2.05 bits per heavy atom. The molecule has 0 saturated carbocycles. The van der Waals surface area contributed by atoms with E-state index in [2.05, 4.69) is 23.8 Å². The largest absolute Gasteiger partial charge is 0.293 e. The third-order valence-corrected chi connectivity index (χ3v) is 6.82. The molecule has 0 amide bonds. The van der Waals surface area contributed by atoms with Crippen LogP contribution in [0.4, 0.5) is 0 Å². The first-order valence-electron chi connectivity index (χ1n) is 6.29. The topological polar surface area (TPSA) is 42.9 Å². The van der Waals surface area contributed by atoms with Gasteiger partial charge in [-0.05, 0) is 25.5 Å². The molecular weight excluding hydrogens is 379 g/mol. The van der Waals surface area contributed by atoms with Crippen molar-refractivity contribution in [2.24, 2.45) is 0 Å². The van der Waals surface area contributed by atoms with Crippen molar-refractivity contribution in [2.45, 2.75) is 18.9 Å². The Bertz CT molecular complexity index is 872. The number of hydrogen-bond acceptors (Lipinski definition) is 6. The van der Waals surface area contributed by atoms with Crippen LogP contribution in [0.15, 0.2) is 17.4 Å². The molecule has 114 valence electrons. The Labute approximate surface area is 149 Å². The molecule has 0 aliphatic heterocycles. The third kappa shape index (κ3) is 3.03. The Kier molecular flexibility index (Phi) is 4.75. The maximum Gasteiger partial charge on any atom is 0.175 e. The van der Waals surface area contributed by atoms with Crippen molar-refractivity contribution in [3.63, 3.8) is 0 Å². The lowest BCUT2D eigenvalue weighted by atomic mass is 10.2. The molecule has 0 aliphatic rings. The lowest BCUT2D eigenvalue weighted by molar-refractivity contribution is 0.102. The maximum absolute atomic E-state index is 12.3. The third-order valence-electron chi connectivity index (χ3n) is 3.23. The smallest absolute Gasteiger partial charge is 0.175 e. The highest BCUT2D eigenvalue weighted by Crippen LogP contribution is 2.36. The van der Waals surface area contributed by atoms with Crippen LogP contribution < -0.4 is 0 Å². The minimum Gasteiger partial charge on any atom is -0.293 e. The van der Waals surface area contributed by atoms with Gasteiger partial charge in [-0.1, -0.05) is 35.0 Å². The van der Waals surface area contributed by atoms with Crippen molar-refractivity contribution < 1.29 is 4.79 Å². The van der Waals surface area contributed by atoms with Gasteiger partial charge in [-0.2, -0.15) is 0 Å². The predicted molar refractivity (Wildman–Crippen MR) is 96.3 cm³/mol. The van der Waals surface area contributed by atoms with Crippen LogP contribution in [0.3, 0.4) is 0 Å². The molecule has 3 aromatic heterocycles. The average Bonchev–Trinajstić information content (AvgIpc) is 2.96. The quantitative estimate of drug-likeness (QED) is 0.328. The van der Waals surface area contributed by atoms with E-state index in [4.69, 9.17) is 23.2 Å². The summed E-state index contributed by atoms with van der Waals surface area (Å²) in [5.74, 6) is 0.224. The zero-order chi connectivity index (χ0) is 15.9. The zero-order valence-electron chi connectivity index (χ0n) is 11.6. The summed E-state index contributed by atoms with van der Waals surface area (Å²) in [5, 5.41) is 1.87. The molecule has 3 heterocycles. The SMILES string of the molecule is Cc1sc2ncnc(SCC(=O)c3cc(Cl)sc3Cl)c2c1C. The number of hydrogen-bond donors (Lipinski definition) is 0. The number of aromatic nitrogens is 2. The number of carbonyl (C=O) groups is 1. The Morgan fingerprint density at radius 3 is 2.73 bits per heavy atom. The second-order valence-corrected chi connectivity index (χ2v) is 9.04. The summed E-state index contributed by atoms with van der Waals surface area (Å²) in [6.45, 7) is 4.12. The van der Waals surface area contributed by atoms with E-state index in [0.29, 0.717) is 14.2 Å². The van der Waals surface area contributed by atoms with Crippen molar-refractivity contribution in [3.05, 3.63) is 37.1 Å². The van der Waals surface area contributed by atoms with Gasteiger partial charge in [0.25, 0.3) is 0 Å². The summed E-state index contributed by atoms with van der Waals surface area (Å²) in [7, 11) is 0. The van der Waals surface area contributed by atoms with Gasteiger partial charge in [0.2, 0.25) is 0 Å². The minimum atomic E-state index is -0.0467. The van der Waals surface area contributed by atoms with Crippen LogP contribution in [0.2, 0.25) is 8.67 Å². The Hall–Kier alpha value is -0.660. The molecule has 0 atom stereocenters. The van der Waals surface area contributed by atoms with Gasteiger partial charge < -0.3 is 0 Å². The number of carbonyl (C=O) groups excluding carboxylic acids is 1. The highest BCUT2D eigenvalue weighted by molar-refractivity contribution is 8.00. The summed E-state index contributed by atoms with van der Waals surface area (Å²) < 4.78 is 0.957. The number of thiophene rings is 2. The molecule has 0 saturated heterocycles. The normalized spacial score (nSPS) is 11.3. The number of ketones is 1. The number of Topliss-reactive ketones (excluding diaryl/α,β-unsaturated/α-hetero) is 1. The molecule has 0 N–H and O–H groups in total. The van der Waals surface area contributed by atoms with Gasteiger partial charge >= 0.3 is 0 Å². The lowest BCUT2D eigenvalue weighted by Gasteiger charge is -2.02. The molecule has 0 aromatic carbocycles. The van der Waals surface area contributed by atoms with Gasteiger partial charge in [-0.15, -0.1) is 22.7 Å². The molecule has 0 radical (unpaired) electrons. The van der Waals surface area contributed by atoms with E-state index in [0.717, 1.165) is 15.2 Å². The summed E-state index contributed by atoms with van der Waals surface area (Å²) in [6, 6.07) is 1.62. The van der Waals surface area contributed by atoms with E-state index in [1.807, 2.05) is 0 Å². The standard InChI is InChI=1S/C14H10Cl2N2OS3/c1-6-7(2)21-14-11(6)13(17-5-18-14)20-4-9(19)8-3-10(15)22-12(8)16/h3,5H,4H2,1-2H3. The van der Waals surface area contributed by atoms with Gasteiger partial charge in [-0.3, -0.25) is 4.79 Å². The van der Waals surface area contributed by atoms with E-state index < -0.39 is 0 Å². The first-order valence-corrected chi connectivity index (χ1v) is 9.66. The number of fused-ring (bicyclic) bond motifs is 1. The van der Waals surface area contributed by atoms with Crippen molar-refractivity contribution in [3.8, 4) is 0 Å². The van der Waals surface area contributed by atoms with Gasteiger partial charge in [0.05, 0.1) is 10.1 Å². The second-order valence-electron chi connectivity index (χ2n) is 4.59. The summed E-state index contributed by atoms with van der Waals surface area (Å²) >= 11 is 16.2. The van der Waals surface area contributed by atoms with Gasteiger partial charge in [0, 0.05) is 15.8 Å². The molecule has 0 fully saturated rings. The molecule has 8 heteroatoms. The first kappa shape index (κ1) is 16.2. The molecule has 0 bridgehead atoms. The number of halogens is 2. The van der Waals surface area contributed by atoms with E-state index >= 15 is 0 Å². The van der Waals surface area contributed by atoms with E-state index in [1.165, 1.54) is 33.5 Å².